The van der Waals surface area contributed by atoms with Gasteiger partial charge in [0.2, 0.25) is 5.91 Å². The maximum Gasteiger partial charge on any atom is 0.417 e. The molecule has 0 aromatic carbocycles. The molecule has 0 saturated heterocycles. The molecular formula is C16H15F3N2OS2. The number of amides is 1. The Morgan fingerprint density at radius 1 is 1.33 bits per heavy atom. The van der Waals surface area contributed by atoms with E-state index in [1.54, 1.807) is 11.3 Å². The lowest BCUT2D eigenvalue weighted by Gasteiger charge is -2.21. The molecule has 3 nitrogen and oxygen atoms in total. The van der Waals surface area contributed by atoms with E-state index in [0.29, 0.717) is 17.6 Å². The first kappa shape index (κ1) is 17.3. The molecule has 2 aromatic heterocycles. The van der Waals surface area contributed by atoms with E-state index < -0.39 is 11.7 Å². The third kappa shape index (κ3) is 4.51. The molecule has 0 radical (unpaired) electrons. The second-order valence-electron chi connectivity index (χ2n) is 5.50. The van der Waals surface area contributed by atoms with Crippen molar-refractivity contribution < 1.29 is 18.0 Å². The van der Waals surface area contributed by atoms with E-state index in [2.05, 4.69) is 4.98 Å². The number of nitrogens with zero attached hydrogens (tertiary/aromatic N) is 2. The molecule has 1 aliphatic rings. The molecule has 1 fully saturated rings. The Morgan fingerprint density at radius 3 is 2.67 bits per heavy atom. The lowest BCUT2D eigenvalue weighted by atomic mass is 10.3. The van der Waals surface area contributed by atoms with Gasteiger partial charge in [0, 0.05) is 17.1 Å². The van der Waals surface area contributed by atoms with Gasteiger partial charge in [-0.3, -0.25) is 4.79 Å². The predicted molar refractivity (Wildman–Crippen MR) is 87.9 cm³/mol. The van der Waals surface area contributed by atoms with Gasteiger partial charge in [0.15, 0.2) is 0 Å². The molecule has 3 rings (SSSR count). The average Bonchev–Trinajstić information content (AvgIpc) is 3.26. The Hall–Kier alpha value is -1.54. The number of carbonyl (C=O) groups is 1. The zero-order valence-electron chi connectivity index (χ0n) is 12.6. The zero-order valence-corrected chi connectivity index (χ0v) is 14.3. The summed E-state index contributed by atoms with van der Waals surface area (Å²) in [5.41, 5.74) is -0.782. The van der Waals surface area contributed by atoms with Crippen LogP contribution >= 0.6 is 23.1 Å². The summed E-state index contributed by atoms with van der Waals surface area (Å²) < 4.78 is 37.5. The fraction of sp³-hybridized carbons (Fsp3) is 0.375. The van der Waals surface area contributed by atoms with Crippen molar-refractivity contribution >= 4 is 29.0 Å². The molecule has 0 unspecified atom stereocenters. The van der Waals surface area contributed by atoms with Crippen LogP contribution in [0.3, 0.4) is 0 Å². The van der Waals surface area contributed by atoms with Gasteiger partial charge in [-0.25, -0.2) is 4.98 Å². The van der Waals surface area contributed by atoms with Crippen LogP contribution in [0.5, 0.6) is 0 Å². The fourth-order valence-corrected chi connectivity index (χ4v) is 3.66. The summed E-state index contributed by atoms with van der Waals surface area (Å²) in [6.45, 7) is 0.599. The maximum atomic E-state index is 12.5. The van der Waals surface area contributed by atoms with Crippen LogP contribution in [0, 0.1) is 0 Å². The molecule has 1 saturated carbocycles. The Bertz CT molecular complexity index is 682. The minimum absolute atomic E-state index is 0.00222. The minimum Gasteiger partial charge on any atom is -0.334 e. The van der Waals surface area contributed by atoms with Crippen LogP contribution in [0.4, 0.5) is 13.2 Å². The quantitative estimate of drug-likeness (QED) is 0.703. The van der Waals surface area contributed by atoms with Gasteiger partial charge in [-0.2, -0.15) is 13.2 Å². The van der Waals surface area contributed by atoms with Crippen molar-refractivity contribution in [1.29, 1.82) is 0 Å². The van der Waals surface area contributed by atoms with E-state index >= 15 is 0 Å². The highest BCUT2D eigenvalue weighted by Crippen LogP contribution is 2.31. The minimum atomic E-state index is -4.39. The van der Waals surface area contributed by atoms with Gasteiger partial charge >= 0.3 is 6.18 Å². The van der Waals surface area contributed by atoms with Crippen LogP contribution in [0.25, 0.3) is 0 Å². The molecule has 24 heavy (non-hydrogen) atoms. The van der Waals surface area contributed by atoms with Crippen LogP contribution in [-0.4, -0.2) is 27.6 Å². The number of thioether (sulfide) groups is 1. The Morgan fingerprint density at radius 2 is 2.12 bits per heavy atom. The number of aromatic nitrogens is 1. The van der Waals surface area contributed by atoms with E-state index in [-0.39, 0.29) is 11.7 Å². The summed E-state index contributed by atoms with van der Waals surface area (Å²) in [4.78, 5) is 19.2. The van der Waals surface area contributed by atoms with Gasteiger partial charge in [0.05, 0.1) is 22.9 Å². The molecule has 0 aliphatic heterocycles. The number of rotatable bonds is 6. The third-order valence-corrected chi connectivity index (χ3v) is 5.41. The lowest BCUT2D eigenvalue weighted by Crippen LogP contribution is -2.33. The Labute approximate surface area is 145 Å². The number of pyridine rings is 1. The van der Waals surface area contributed by atoms with Crippen molar-refractivity contribution in [1.82, 2.24) is 9.88 Å². The summed E-state index contributed by atoms with van der Waals surface area (Å²) in [5.74, 6) is 0.179. The number of thiophene rings is 1. The molecule has 1 amide bonds. The van der Waals surface area contributed by atoms with E-state index in [0.717, 1.165) is 30.0 Å². The molecule has 128 valence electrons. The van der Waals surface area contributed by atoms with Crippen LogP contribution in [0.2, 0.25) is 0 Å². The first-order valence-electron chi connectivity index (χ1n) is 7.41. The van der Waals surface area contributed by atoms with Gasteiger partial charge in [0.25, 0.3) is 0 Å². The molecule has 0 atom stereocenters. The van der Waals surface area contributed by atoms with Crippen LogP contribution in [0.1, 0.15) is 23.3 Å². The van der Waals surface area contributed by atoms with Crippen molar-refractivity contribution in [2.24, 2.45) is 0 Å². The second kappa shape index (κ2) is 7.14. The third-order valence-electron chi connectivity index (χ3n) is 3.62. The number of carbonyl (C=O) groups excluding carboxylic acids is 1. The molecule has 8 heteroatoms. The molecule has 2 heterocycles. The van der Waals surface area contributed by atoms with Crippen LogP contribution < -0.4 is 0 Å². The average molecular weight is 372 g/mol. The van der Waals surface area contributed by atoms with Gasteiger partial charge in [-0.1, -0.05) is 17.8 Å². The van der Waals surface area contributed by atoms with Gasteiger partial charge < -0.3 is 4.90 Å². The smallest absolute Gasteiger partial charge is 0.334 e. The van der Waals surface area contributed by atoms with Crippen LogP contribution in [-0.2, 0) is 17.5 Å². The van der Waals surface area contributed by atoms with Gasteiger partial charge in [-0.15, -0.1) is 11.3 Å². The zero-order chi connectivity index (χ0) is 17.2. The second-order valence-corrected chi connectivity index (χ2v) is 7.53. The molecule has 0 N–H and O–H groups in total. The number of hydrogen-bond donors (Lipinski definition) is 0. The van der Waals surface area contributed by atoms with Crippen LogP contribution in [0.15, 0.2) is 40.9 Å². The SMILES string of the molecule is O=C(CSc1ccc(C(F)(F)F)cn1)N(Cc1cccs1)C1CC1. The molecule has 0 spiro atoms. The molecule has 1 aliphatic carbocycles. The summed E-state index contributed by atoms with van der Waals surface area (Å²) in [5, 5.41) is 2.40. The molecular weight excluding hydrogens is 357 g/mol. The summed E-state index contributed by atoms with van der Waals surface area (Å²) in [6.07, 6.45) is -1.56. The normalized spacial score (nSPS) is 14.6. The van der Waals surface area contributed by atoms with E-state index in [4.69, 9.17) is 0 Å². The predicted octanol–water partition coefficient (Wildman–Crippen LogP) is 4.45. The largest absolute Gasteiger partial charge is 0.417 e. The van der Waals surface area contributed by atoms with Gasteiger partial charge in [-0.05, 0) is 36.4 Å². The standard InChI is InChI=1S/C16H15F3N2OS2/c17-16(18,19)11-3-6-14(20-8-11)24-10-15(22)21(12-4-5-12)9-13-2-1-7-23-13/h1-3,6-8,12H,4-5,9-10H2. The molecule has 0 bridgehead atoms. The highest BCUT2D eigenvalue weighted by Gasteiger charge is 2.33. The number of hydrogen-bond acceptors (Lipinski definition) is 4. The molecule has 2 aromatic rings. The number of alkyl halides is 3. The van der Waals surface area contributed by atoms with Crippen molar-refractivity contribution in [3.05, 3.63) is 46.3 Å². The number of halogens is 3. The van der Waals surface area contributed by atoms with E-state index in [1.165, 1.54) is 17.8 Å². The van der Waals surface area contributed by atoms with Gasteiger partial charge in [0.1, 0.15) is 0 Å². The first-order valence-corrected chi connectivity index (χ1v) is 9.28. The lowest BCUT2D eigenvalue weighted by molar-refractivity contribution is -0.138. The highest BCUT2D eigenvalue weighted by molar-refractivity contribution is 7.99. The topological polar surface area (TPSA) is 33.2 Å². The Kier molecular flexibility index (Phi) is 5.15. The van der Waals surface area contributed by atoms with Crippen molar-refractivity contribution in [3.8, 4) is 0 Å². The fourth-order valence-electron chi connectivity index (χ4n) is 2.23. The van der Waals surface area contributed by atoms with Crippen molar-refractivity contribution in [2.45, 2.75) is 36.6 Å². The van der Waals surface area contributed by atoms with Crippen molar-refractivity contribution in [3.63, 3.8) is 0 Å². The summed E-state index contributed by atoms with van der Waals surface area (Å²) in [6, 6.07) is 6.54. The summed E-state index contributed by atoms with van der Waals surface area (Å²) >= 11 is 2.78. The maximum absolute atomic E-state index is 12.5. The summed E-state index contributed by atoms with van der Waals surface area (Å²) in [7, 11) is 0. The Balaban J connectivity index is 1.57. The monoisotopic (exact) mass is 372 g/mol. The van der Waals surface area contributed by atoms with Crippen molar-refractivity contribution in [2.75, 3.05) is 5.75 Å². The first-order chi connectivity index (χ1) is 11.4. The van der Waals surface area contributed by atoms with E-state index in [9.17, 15) is 18.0 Å². The van der Waals surface area contributed by atoms with E-state index in [1.807, 2.05) is 22.4 Å². The highest BCUT2D eigenvalue weighted by atomic mass is 32.2.